The standard InChI is InChI=1S/C28H29F3N6O3S/c1-5-33-27(40)36-23-11-18(26-35-22(14-41-26)28(29,30)31)19(12-34-23)16-6-7-17-21(10-16)37(9-8-15(2)3)13-20(24(17)38)25(39)32-4/h6-7,10-15H,5,8-9H2,1-4H3,(H,32,39)(H2,33,34,36,40). The Hall–Kier alpha value is -4.26. The van der Waals surface area contributed by atoms with Crippen LogP contribution in [0.15, 0.2) is 46.8 Å². The number of amides is 3. The molecule has 0 aliphatic rings. The van der Waals surface area contributed by atoms with E-state index in [4.69, 9.17) is 0 Å². The number of fused-ring (bicyclic) bond motifs is 1. The van der Waals surface area contributed by atoms with Gasteiger partial charge in [0.1, 0.15) is 16.4 Å². The maximum absolute atomic E-state index is 13.4. The van der Waals surface area contributed by atoms with E-state index in [1.54, 1.807) is 25.1 Å². The van der Waals surface area contributed by atoms with E-state index in [9.17, 15) is 27.6 Å². The Balaban J connectivity index is 1.91. The number of anilines is 1. The van der Waals surface area contributed by atoms with Crippen molar-refractivity contribution in [2.45, 2.75) is 39.9 Å². The second-order valence-electron chi connectivity index (χ2n) is 9.69. The lowest BCUT2D eigenvalue weighted by Crippen LogP contribution is -2.28. The quantitative estimate of drug-likeness (QED) is 0.243. The molecule has 0 saturated carbocycles. The third kappa shape index (κ3) is 6.56. The number of rotatable bonds is 8. The van der Waals surface area contributed by atoms with E-state index >= 15 is 0 Å². The van der Waals surface area contributed by atoms with Crippen LogP contribution in [-0.2, 0) is 12.7 Å². The van der Waals surface area contributed by atoms with Crippen molar-refractivity contribution in [3.05, 3.63) is 63.5 Å². The molecular weight excluding hydrogens is 557 g/mol. The third-order valence-corrected chi connectivity index (χ3v) is 7.19. The predicted octanol–water partition coefficient (Wildman–Crippen LogP) is 5.75. The molecular formula is C28H29F3N6O3S. The fourth-order valence-electron chi connectivity index (χ4n) is 4.22. The molecule has 0 aliphatic heterocycles. The molecule has 41 heavy (non-hydrogen) atoms. The molecule has 0 spiro atoms. The summed E-state index contributed by atoms with van der Waals surface area (Å²) in [6, 6.07) is 5.95. The first-order valence-electron chi connectivity index (χ1n) is 12.9. The van der Waals surface area contributed by atoms with Crippen LogP contribution in [0.4, 0.5) is 23.8 Å². The van der Waals surface area contributed by atoms with E-state index in [-0.39, 0.29) is 16.4 Å². The van der Waals surface area contributed by atoms with Gasteiger partial charge < -0.3 is 15.2 Å². The number of thiazole rings is 1. The lowest BCUT2D eigenvalue weighted by atomic mass is 9.99. The topological polar surface area (TPSA) is 118 Å². The largest absolute Gasteiger partial charge is 0.434 e. The van der Waals surface area contributed by atoms with Gasteiger partial charge >= 0.3 is 12.2 Å². The van der Waals surface area contributed by atoms with Crippen molar-refractivity contribution in [2.24, 2.45) is 5.92 Å². The summed E-state index contributed by atoms with van der Waals surface area (Å²) in [5, 5.41) is 9.00. The summed E-state index contributed by atoms with van der Waals surface area (Å²) in [6.07, 6.45) is -0.865. The second-order valence-corrected chi connectivity index (χ2v) is 10.6. The van der Waals surface area contributed by atoms with Crippen molar-refractivity contribution in [1.82, 2.24) is 25.2 Å². The van der Waals surface area contributed by atoms with Crippen LogP contribution >= 0.6 is 11.3 Å². The first kappa shape index (κ1) is 29.7. The molecule has 0 unspecified atom stereocenters. The minimum absolute atomic E-state index is 0.0158. The Morgan fingerprint density at radius 3 is 2.54 bits per heavy atom. The average molecular weight is 587 g/mol. The summed E-state index contributed by atoms with van der Waals surface area (Å²) >= 11 is 0.818. The minimum Gasteiger partial charge on any atom is -0.355 e. The zero-order chi connectivity index (χ0) is 29.9. The molecule has 0 atom stereocenters. The van der Waals surface area contributed by atoms with Crippen LogP contribution in [0.5, 0.6) is 0 Å². The van der Waals surface area contributed by atoms with Gasteiger partial charge in [0.05, 0.1) is 5.52 Å². The molecule has 3 aromatic heterocycles. The molecule has 3 amide bonds. The highest BCUT2D eigenvalue weighted by molar-refractivity contribution is 7.13. The van der Waals surface area contributed by atoms with Crippen molar-refractivity contribution in [3.63, 3.8) is 0 Å². The summed E-state index contributed by atoms with van der Waals surface area (Å²) in [4.78, 5) is 45.8. The lowest BCUT2D eigenvalue weighted by molar-refractivity contribution is -0.140. The van der Waals surface area contributed by atoms with Gasteiger partial charge in [-0.1, -0.05) is 19.9 Å². The molecule has 0 aliphatic carbocycles. The fraction of sp³-hybridized carbons (Fsp3) is 0.321. The van der Waals surface area contributed by atoms with Crippen LogP contribution in [0.1, 0.15) is 43.2 Å². The van der Waals surface area contributed by atoms with Gasteiger partial charge in [0.15, 0.2) is 5.69 Å². The Labute approximate surface area is 237 Å². The molecule has 0 radical (unpaired) electrons. The molecule has 4 aromatic rings. The van der Waals surface area contributed by atoms with Crippen LogP contribution in [0.25, 0.3) is 32.6 Å². The van der Waals surface area contributed by atoms with Crippen molar-refractivity contribution >= 4 is 40.0 Å². The molecule has 0 fully saturated rings. The van der Waals surface area contributed by atoms with Gasteiger partial charge in [-0.15, -0.1) is 11.3 Å². The zero-order valence-corrected chi connectivity index (χ0v) is 23.7. The SMILES string of the molecule is CCNC(=O)Nc1cc(-c2nc(C(F)(F)F)cs2)c(-c2ccc3c(=O)c(C(=O)NC)cn(CCC(C)C)c3c2)cn1. The molecule has 3 heterocycles. The van der Waals surface area contributed by atoms with Crippen LogP contribution in [0.3, 0.4) is 0 Å². The van der Waals surface area contributed by atoms with Gasteiger partial charge in [0.25, 0.3) is 5.91 Å². The predicted molar refractivity (Wildman–Crippen MR) is 153 cm³/mol. The van der Waals surface area contributed by atoms with Gasteiger partial charge in [-0.05, 0) is 43.0 Å². The first-order valence-corrected chi connectivity index (χ1v) is 13.8. The smallest absolute Gasteiger partial charge is 0.355 e. The lowest BCUT2D eigenvalue weighted by Gasteiger charge is -2.16. The number of aryl methyl sites for hydroxylation is 1. The number of carbonyl (C=O) groups excluding carboxylic acids is 2. The molecule has 4 rings (SSSR count). The summed E-state index contributed by atoms with van der Waals surface area (Å²) in [5.41, 5.74) is 0.467. The molecule has 216 valence electrons. The number of carbonyl (C=O) groups is 2. The van der Waals surface area contributed by atoms with Crippen LogP contribution in [0, 0.1) is 5.92 Å². The van der Waals surface area contributed by atoms with Gasteiger partial charge in [-0.2, -0.15) is 13.2 Å². The highest BCUT2D eigenvalue weighted by Gasteiger charge is 2.34. The van der Waals surface area contributed by atoms with E-state index in [2.05, 4.69) is 39.8 Å². The van der Waals surface area contributed by atoms with Crippen LogP contribution in [-0.4, -0.2) is 40.1 Å². The summed E-state index contributed by atoms with van der Waals surface area (Å²) in [5.74, 6) is -0.0156. The highest BCUT2D eigenvalue weighted by Crippen LogP contribution is 2.39. The number of hydrogen-bond donors (Lipinski definition) is 3. The van der Waals surface area contributed by atoms with Crippen LogP contribution in [0.2, 0.25) is 0 Å². The van der Waals surface area contributed by atoms with Gasteiger partial charge in [-0.25, -0.2) is 14.8 Å². The number of hydrogen-bond acceptors (Lipinski definition) is 6. The summed E-state index contributed by atoms with van der Waals surface area (Å²) in [6.45, 7) is 6.77. The number of nitrogens with one attached hydrogen (secondary N) is 3. The third-order valence-electron chi connectivity index (χ3n) is 6.32. The molecule has 9 nitrogen and oxygen atoms in total. The minimum atomic E-state index is -4.62. The first-order chi connectivity index (χ1) is 19.4. The van der Waals surface area contributed by atoms with E-state index in [0.717, 1.165) is 23.1 Å². The molecule has 13 heteroatoms. The fourth-order valence-corrected chi connectivity index (χ4v) is 5.07. The molecule has 1 aromatic carbocycles. The van der Waals surface area contributed by atoms with Crippen LogP contribution < -0.4 is 21.4 Å². The Morgan fingerprint density at radius 1 is 1.15 bits per heavy atom. The number of aromatic nitrogens is 3. The summed E-state index contributed by atoms with van der Waals surface area (Å²) in [7, 11) is 1.45. The average Bonchev–Trinajstić information content (AvgIpc) is 3.43. The molecule has 3 N–H and O–H groups in total. The zero-order valence-electron chi connectivity index (χ0n) is 22.8. The van der Waals surface area contributed by atoms with E-state index in [1.807, 2.05) is 4.57 Å². The van der Waals surface area contributed by atoms with Gasteiger partial charge in [0, 0.05) is 54.4 Å². The maximum atomic E-state index is 13.4. The monoisotopic (exact) mass is 586 g/mol. The summed E-state index contributed by atoms with van der Waals surface area (Å²) < 4.78 is 42.0. The van der Waals surface area contributed by atoms with E-state index < -0.39 is 29.2 Å². The Morgan fingerprint density at radius 2 is 1.90 bits per heavy atom. The molecule has 0 saturated heterocycles. The van der Waals surface area contributed by atoms with Crippen molar-refractivity contribution in [1.29, 1.82) is 0 Å². The second kappa shape index (κ2) is 12.1. The Kier molecular flexibility index (Phi) is 8.76. The highest BCUT2D eigenvalue weighted by atomic mass is 32.1. The van der Waals surface area contributed by atoms with Gasteiger partial charge in [0.2, 0.25) is 5.43 Å². The van der Waals surface area contributed by atoms with E-state index in [1.165, 1.54) is 25.5 Å². The number of alkyl halides is 3. The number of nitrogens with zero attached hydrogens (tertiary/aromatic N) is 3. The Bertz CT molecular complexity index is 1660. The normalized spacial score (nSPS) is 11.6. The van der Waals surface area contributed by atoms with E-state index in [0.29, 0.717) is 46.6 Å². The number of halogens is 3. The van der Waals surface area contributed by atoms with Gasteiger partial charge in [-0.3, -0.25) is 14.9 Å². The number of benzene rings is 1. The maximum Gasteiger partial charge on any atom is 0.434 e. The number of urea groups is 1. The number of pyridine rings is 2. The van der Waals surface area contributed by atoms with Crippen molar-refractivity contribution in [3.8, 4) is 21.7 Å². The molecule has 0 bridgehead atoms. The van der Waals surface area contributed by atoms with Crippen molar-refractivity contribution in [2.75, 3.05) is 18.9 Å². The van der Waals surface area contributed by atoms with Crippen molar-refractivity contribution < 1.29 is 22.8 Å².